The summed E-state index contributed by atoms with van der Waals surface area (Å²) in [6.45, 7) is 8.27. The number of nitrogens with one attached hydrogen (secondary N) is 1. The van der Waals surface area contributed by atoms with Crippen LogP contribution in [-0.4, -0.2) is 39.6 Å². The summed E-state index contributed by atoms with van der Waals surface area (Å²) in [5.74, 6) is 0. The maximum absolute atomic E-state index is 5.74. The highest BCUT2D eigenvalue weighted by molar-refractivity contribution is 6.76. The first-order valence-corrected chi connectivity index (χ1v) is 11.1. The van der Waals surface area contributed by atoms with Crippen molar-refractivity contribution in [3.05, 3.63) is 30.7 Å². The Bertz CT molecular complexity index is 745. The molecule has 22 heavy (non-hydrogen) atoms. The lowest BCUT2D eigenvalue weighted by molar-refractivity contribution is 0.0813. The highest BCUT2D eigenvalue weighted by atomic mass is 28.3. The molecule has 3 rings (SSSR count). The first-order chi connectivity index (χ1) is 10.5. The largest absolute Gasteiger partial charge is 0.359 e. The summed E-state index contributed by atoms with van der Waals surface area (Å²) in [6.07, 6.45) is 5.38. The van der Waals surface area contributed by atoms with Gasteiger partial charge in [0, 0.05) is 38.0 Å². The Balaban J connectivity index is 1.70. The van der Waals surface area contributed by atoms with Crippen molar-refractivity contribution in [2.45, 2.75) is 32.4 Å². The number of pyridine rings is 1. The number of hydrogen-bond acceptors (Lipinski definition) is 4. The average Bonchev–Trinajstić information content (AvgIpc) is 3.12. The third-order valence-corrected chi connectivity index (χ3v) is 5.20. The quantitative estimate of drug-likeness (QED) is 0.560. The standard InChI is InChI=1S/C15H21N5OSi/c1-22(2,3)7-6-21-11-20-15-13(10-18-20)8-12(9-16-15)14-4-5-17-19-14/h4-5,8-10H,6-7,11H2,1-3H3,(H,17,19). The molecule has 0 aliphatic carbocycles. The number of H-pyrrole nitrogens is 1. The second kappa shape index (κ2) is 6.02. The van der Waals surface area contributed by atoms with Crippen molar-refractivity contribution in [2.75, 3.05) is 6.61 Å². The van der Waals surface area contributed by atoms with Gasteiger partial charge in [-0.15, -0.1) is 0 Å². The van der Waals surface area contributed by atoms with Crippen molar-refractivity contribution in [1.29, 1.82) is 0 Å². The van der Waals surface area contributed by atoms with E-state index in [9.17, 15) is 0 Å². The molecule has 3 aromatic rings. The van der Waals surface area contributed by atoms with Crippen molar-refractivity contribution < 1.29 is 4.74 Å². The molecular weight excluding hydrogens is 294 g/mol. The minimum absolute atomic E-state index is 0.449. The van der Waals surface area contributed by atoms with Crippen LogP contribution >= 0.6 is 0 Å². The van der Waals surface area contributed by atoms with Crippen LogP contribution in [0.5, 0.6) is 0 Å². The minimum Gasteiger partial charge on any atom is -0.359 e. The number of hydrogen-bond donors (Lipinski definition) is 1. The zero-order valence-corrected chi connectivity index (χ0v) is 14.2. The molecule has 0 bridgehead atoms. The molecule has 116 valence electrons. The zero-order chi connectivity index (χ0) is 15.6. The molecule has 0 aliphatic rings. The van der Waals surface area contributed by atoms with Crippen molar-refractivity contribution in [2.24, 2.45) is 0 Å². The summed E-state index contributed by atoms with van der Waals surface area (Å²) >= 11 is 0. The molecule has 7 heteroatoms. The average molecular weight is 315 g/mol. The number of rotatable bonds is 6. The fourth-order valence-electron chi connectivity index (χ4n) is 2.16. The maximum Gasteiger partial charge on any atom is 0.160 e. The van der Waals surface area contributed by atoms with E-state index in [4.69, 9.17) is 4.74 Å². The molecule has 0 atom stereocenters. The second-order valence-electron chi connectivity index (χ2n) is 6.60. The van der Waals surface area contributed by atoms with E-state index in [2.05, 4.69) is 46.0 Å². The molecule has 0 aliphatic heterocycles. The van der Waals surface area contributed by atoms with Gasteiger partial charge in [-0.3, -0.25) is 5.10 Å². The van der Waals surface area contributed by atoms with Crippen molar-refractivity contribution in [3.63, 3.8) is 0 Å². The highest BCUT2D eigenvalue weighted by Gasteiger charge is 2.12. The molecule has 0 fully saturated rings. The van der Waals surface area contributed by atoms with E-state index in [-0.39, 0.29) is 0 Å². The monoisotopic (exact) mass is 315 g/mol. The van der Waals surface area contributed by atoms with E-state index >= 15 is 0 Å². The predicted octanol–water partition coefficient (Wildman–Crippen LogP) is 3.13. The van der Waals surface area contributed by atoms with E-state index < -0.39 is 8.07 Å². The van der Waals surface area contributed by atoms with Gasteiger partial charge in [0.05, 0.1) is 11.9 Å². The smallest absolute Gasteiger partial charge is 0.160 e. The van der Waals surface area contributed by atoms with Crippen LogP contribution in [0.25, 0.3) is 22.3 Å². The Labute approximate surface area is 130 Å². The van der Waals surface area contributed by atoms with Crippen LogP contribution in [0.1, 0.15) is 0 Å². The molecule has 0 saturated heterocycles. The first kappa shape index (κ1) is 14.9. The number of ether oxygens (including phenoxy) is 1. The van der Waals surface area contributed by atoms with Crippen LogP contribution in [0.4, 0.5) is 0 Å². The third-order valence-electron chi connectivity index (χ3n) is 3.50. The number of aromatic amines is 1. The van der Waals surface area contributed by atoms with E-state index in [0.29, 0.717) is 6.73 Å². The van der Waals surface area contributed by atoms with Gasteiger partial charge in [0.15, 0.2) is 5.65 Å². The maximum atomic E-state index is 5.74. The SMILES string of the molecule is C[Si](C)(C)CCOCn1ncc2cc(-c3ccn[nH]3)cnc21. The second-order valence-corrected chi connectivity index (χ2v) is 12.2. The van der Waals surface area contributed by atoms with Crippen molar-refractivity contribution in [3.8, 4) is 11.3 Å². The Kier molecular flexibility index (Phi) is 4.08. The summed E-state index contributed by atoms with van der Waals surface area (Å²) < 4.78 is 7.55. The summed E-state index contributed by atoms with van der Waals surface area (Å²) in [4.78, 5) is 4.51. The number of aromatic nitrogens is 5. The summed E-state index contributed by atoms with van der Waals surface area (Å²) in [6, 6.07) is 5.14. The van der Waals surface area contributed by atoms with Gasteiger partial charge < -0.3 is 4.74 Å². The highest BCUT2D eigenvalue weighted by Crippen LogP contribution is 2.20. The van der Waals surface area contributed by atoms with Crippen LogP contribution in [0.3, 0.4) is 0 Å². The zero-order valence-electron chi connectivity index (χ0n) is 13.2. The van der Waals surface area contributed by atoms with E-state index in [1.165, 1.54) is 0 Å². The molecule has 0 unspecified atom stereocenters. The molecule has 0 spiro atoms. The Hall–Kier alpha value is -1.99. The van der Waals surface area contributed by atoms with E-state index in [1.54, 1.807) is 10.9 Å². The molecule has 0 radical (unpaired) electrons. The number of nitrogens with zero attached hydrogens (tertiary/aromatic N) is 4. The first-order valence-electron chi connectivity index (χ1n) is 7.42. The van der Waals surface area contributed by atoms with Crippen LogP contribution < -0.4 is 0 Å². The molecule has 6 nitrogen and oxygen atoms in total. The van der Waals surface area contributed by atoms with Gasteiger partial charge >= 0.3 is 0 Å². The van der Waals surface area contributed by atoms with Crippen LogP contribution in [0.15, 0.2) is 30.7 Å². The summed E-state index contributed by atoms with van der Waals surface area (Å²) in [5.41, 5.74) is 2.80. The predicted molar refractivity (Wildman–Crippen MR) is 89.2 cm³/mol. The van der Waals surface area contributed by atoms with E-state index in [1.807, 2.05) is 18.5 Å². The molecule has 3 aromatic heterocycles. The summed E-state index contributed by atoms with van der Waals surface area (Å²) in [5, 5.41) is 12.3. The van der Waals surface area contributed by atoms with E-state index in [0.717, 1.165) is 34.9 Å². The lowest BCUT2D eigenvalue weighted by Crippen LogP contribution is -2.22. The summed E-state index contributed by atoms with van der Waals surface area (Å²) in [7, 11) is -1.05. The minimum atomic E-state index is -1.05. The van der Waals surface area contributed by atoms with Crippen molar-refractivity contribution in [1.82, 2.24) is 25.0 Å². The van der Waals surface area contributed by atoms with Crippen LogP contribution in [0, 0.1) is 0 Å². The van der Waals surface area contributed by atoms with Crippen molar-refractivity contribution >= 4 is 19.1 Å². The molecule has 1 N–H and O–H groups in total. The van der Waals surface area contributed by atoms with Gasteiger partial charge in [-0.25, -0.2) is 9.67 Å². The normalized spacial score (nSPS) is 12.1. The molecule has 0 aromatic carbocycles. The lowest BCUT2D eigenvalue weighted by Gasteiger charge is -2.15. The molecule has 3 heterocycles. The number of fused-ring (bicyclic) bond motifs is 1. The molecule has 0 saturated carbocycles. The fourth-order valence-corrected chi connectivity index (χ4v) is 2.92. The van der Waals surface area contributed by atoms with Crippen LogP contribution in [0.2, 0.25) is 25.7 Å². The van der Waals surface area contributed by atoms with Gasteiger partial charge in [-0.05, 0) is 18.2 Å². The Morgan fingerprint density at radius 3 is 2.86 bits per heavy atom. The fraction of sp³-hybridized carbons (Fsp3) is 0.400. The van der Waals surface area contributed by atoms with Gasteiger partial charge in [0.2, 0.25) is 0 Å². The van der Waals surface area contributed by atoms with Gasteiger partial charge in [0.1, 0.15) is 6.73 Å². The third kappa shape index (κ3) is 3.42. The molecular formula is C15H21N5OSi. The van der Waals surface area contributed by atoms with Gasteiger partial charge in [-0.1, -0.05) is 19.6 Å². The lowest BCUT2D eigenvalue weighted by atomic mass is 10.2. The Morgan fingerprint density at radius 1 is 1.27 bits per heavy atom. The molecule has 0 amide bonds. The van der Waals surface area contributed by atoms with Gasteiger partial charge in [-0.2, -0.15) is 10.2 Å². The van der Waals surface area contributed by atoms with Gasteiger partial charge in [0.25, 0.3) is 0 Å². The Morgan fingerprint density at radius 2 is 2.14 bits per heavy atom. The topological polar surface area (TPSA) is 68.6 Å². The van der Waals surface area contributed by atoms with Crippen LogP contribution in [-0.2, 0) is 11.5 Å².